The van der Waals surface area contributed by atoms with Crippen LogP contribution in [0.15, 0.2) is 67.0 Å². The van der Waals surface area contributed by atoms with Gasteiger partial charge in [-0.2, -0.15) is 0 Å². The second-order valence-corrected chi connectivity index (χ2v) is 7.58. The Kier molecular flexibility index (Phi) is 6.90. The van der Waals surface area contributed by atoms with Gasteiger partial charge in [0.25, 0.3) is 0 Å². The molecule has 0 bridgehead atoms. The molecule has 6 heteroatoms. The average Bonchev–Trinajstić information content (AvgIpc) is 2.80. The fourth-order valence-corrected chi connectivity index (χ4v) is 3.78. The van der Waals surface area contributed by atoms with Crippen molar-refractivity contribution >= 4 is 0 Å². The first-order valence-corrected chi connectivity index (χ1v) is 10.4. The number of methoxy groups -OCH3 is 1. The molecule has 0 saturated carbocycles. The lowest BCUT2D eigenvalue weighted by Gasteiger charge is -2.33. The lowest BCUT2D eigenvalue weighted by Crippen LogP contribution is -2.45. The normalized spacial score (nSPS) is 16.9. The van der Waals surface area contributed by atoms with E-state index >= 15 is 0 Å². The number of hydrogen-bond acceptors (Lipinski definition) is 6. The van der Waals surface area contributed by atoms with Crippen LogP contribution in [-0.2, 0) is 13.1 Å². The van der Waals surface area contributed by atoms with Crippen molar-refractivity contribution in [3.8, 4) is 17.5 Å². The van der Waals surface area contributed by atoms with Gasteiger partial charge in [-0.3, -0.25) is 4.90 Å². The van der Waals surface area contributed by atoms with Crippen molar-refractivity contribution in [2.45, 2.75) is 32.0 Å². The molecule has 1 aliphatic rings. The molecule has 0 radical (unpaired) electrons. The summed E-state index contributed by atoms with van der Waals surface area (Å²) in [6, 6.07) is 19.1. The fourth-order valence-electron chi connectivity index (χ4n) is 3.78. The van der Waals surface area contributed by atoms with Crippen LogP contribution in [0.5, 0.6) is 17.5 Å². The molecular weight excluding hydrogens is 376 g/mol. The maximum atomic E-state index is 5.66. The lowest BCUT2D eigenvalue weighted by atomic mass is 10.0. The van der Waals surface area contributed by atoms with Crippen molar-refractivity contribution in [1.29, 1.82) is 0 Å². The number of piperidine rings is 1. The monoisotopic (exact) mass is 404 g/mol. The molecule has 2 heterocycles. The van der Waals surface area contributed by atoms with E-state index in [2.05, 4.69) is 50.5 Å². The van der Waals surface area contributed by atoms with Gasteiger partial charge in [-0.05, 0) is 60.8 Å². The van der Waals surface area contributed by atoms with Gasteiger partial charge in [0.1, 0.15) is 11.5 Å². The Labute approximate surface area is 177 Å². The quantitative estimate of drug-likeness (QED) is 0.612. The van der Waals surface area contributed by atoms with Gasteiger partial charge in [-0.15, -0.1) is 0 Å². The van der Waals surface area contributed by atoms with Gasteiger partial charge in [0, 0.05) is 38.1 Å². The third kappa shape index (κ3) is 5.78. The first-order valence-electron chi connectivity index (χ1n) is 10.4. The van der Waals surface area contributed by atoms with Crippen LogP contribution in [0.25, 0.3) is 0 Å². The van der Waals surface area contributed by atoms with E-state index < -0.39 is 0 Å². The van der Waals surface area contributed by atoms with Gasteiger partial charge in [-0.25, -0.2) is 9.97 Å². The third-order valence-corrected chi connectivity index (χ3v) is 5.32. The maximum absolute atomic E-state index is 5.66. The van der Waals surface area contributed by atoms with Crippen LogP contribution in [0.3, 0.4) is 0 Å². The number of hydrogen-bond donors (Lipinski definition) is 1. The first-order chi connectivity index (χ1) is 14.8. The van der Waals surface area contributed by atoms with Crippen molar-refractivity contribution in [3.63, 3.8) is 0 Å². The van der Waals surface area contributed by atoms with E-state index in [0.717, 1.165) is 37.7 Å². The van der Waals surface area contributed by atoms with Crippen LogP contribution in [0.2, 0.25) is 0 Å². The minimum Gasteiger partial charge on any atom is -0.497 e. The first kappa shape index (κ1) is 20.3. The number of likely N-dealkylation sites (tertiary alicyclic amines) is 1. The molecule has 3 aromatic rings. The summed E-state index contributed by atoms with van der Waals surface area (Å²) in [6.45, 7) is 4.01. The Bertz CT molecular complexity index is 918. The van der Waals surface area contributed by atoms with Crippen LogP contribution < -0.4 is 14.8 Å². The summed E-state index contributed by atoms with van der Waals surface area (Å²) >= 11 is 0. The molecule has 1 N–H and O–H groups in total. The van der Waals surface area contributed by atoms with Gasteiger partial charge in [0.15, 0.2) is 0 Å². The van der Waals surface area contributed by atoms with Crippen molar-refractivity contribution in [2.24, 2.45) is 0 Å². The minimum absolute atomic E-state index is 0.363. The van der Waals surface area contributed by atoms with Gasteiger partial charge in [0.2, 0.25) is 0 Å². The van der Waals surface area contributed by atoms with Gasteiger partial charge in [0.05, 0.1) is 7.11 Å². The summed E-state index contributed by atoms with van der Waals surface area (Å²) in [6.07, 6.45) is 5.76. The predicted octanol–water partition coefficient (Wildman–Crippen LogP) is 4.03. The molecule has 1 atom stereocenters. The standard InChI is InChI=1S/C24H28N4O2/c1-29-23-7-2-5-20(15-23)17-28-14-3-6-21(18-28)27-16-19-8-10-22(11-9-19)30-24-25-12-4-13-26-24/h2,4-5,7-13,15,21,27H,3,6,14,16-18H2,1H3/t21-/m0/s1. The average molecular weight is 405 g/mol. The third-order valence-electron chi connectivity index (χ3n) is 5.32. The summed E-state index contributed by atoms with van der Waals surface area (Å²) < 4.78 is 11.0. The molecule has 156 valence electrons. The SMILES string of the molecule is COc1cccc(CN2CCC[C@H](NCc3ccc(Oc4ncccn4)cc3)C2)c1. The van der Waals surface area contributed by atoms with Gasteiger partial charge < -0.3 is 14.8 Å². The van der Waals surface area contributed by atoms with E-state index in [0.29, 0.717) is 12.1 Å². The Morgan fingerprint density at radius 3 is 2.63 bits per heavy atom. The van der Waals surface area contributed by atoms with Gasteiger partial charge in [-0.1, -0.05) is 24.3 Å². The number of nitrogens with one attached hydrogen (secondary N) is 1. The molecule has 1 aromatic heterocycles. The zero-order valence-corrected chi connectivity index (χ0v) is 17.3. The molecule has 0 aliphatic carbocycles. The lowest BCUT2D eigenvalue weighted by molar-refractivity contribution is 0.182. The molecule has 0 spiro atoms. The Morgan fingerprint density at radius 2 is 1.83 bits per heavy atom. The Balaban J connectivity index is 1.26. The van der Waals surface area contributed by atoms with Crippen LogP contribution in [0.4, 0.5) is 0 Å². The smallest absolute Gasteiger partial charge is 0.321 e. The molecule has 1 saturated heterocycles. The van der Waals surface area contributed by atoms with E-state index in [4.69, 9.17) is 9.47 Å². The van der Waals surface area contributed by atoms with E-state index in [-0.39, 0.29) is 0 Å². The molecule has 1 aliphatic heterocycles. The molecule has 2 aromatic carbocycles. The van der Waals surface area contributed by atoms with E-state index in [9.17, 15) is 0 Å². The van der Waals surface area contributed by atoms with Crippen molar-refractivity contribution < 1.29 is 9.47 Å². The van der Waals surface area contributed by atoms with Crippen molar-refractivity contribution in [1.82, 2.24) is 20.2 Å². The molecule has 4 rings (SSSR count). The highest BCUT2D eigenvalue weighted by molar-refractivity contribution is 5.29. The minimum atomic E-state index is 0.363. The number of nitrogens with zero attached hydrogens (tertiary/aromatic N) is 3. The van der Waals surface area contributed by atoms with E-state index in [1.807, 2.05) is 18.2 Å². The Hall–Kier alpha value is -2.96. The predicted molar refractivity (Wildman–Crippen MR) is 117 cm³/mol. The zero-order chi connectivity index (χ0) is 20.6. The topological polar surface area (TPSA) is 59.5 Å². The highest BCUT2D eigenvalue weighted by Gasteiger charge is 2.19. The highest BCUT2D eigenvalue weighted by atomic mass is 16.5. The zero-order valence-electron chi connectivity index (χ0n) is 17.3. The van der Waals surface area contributed by atoms with Crippen LogP contribution >= 0.6 is 0 Å². The summed E-state index contributed by atoms with van der Waals surface area (Å²) in [5.74, 6) is 1.66. The molecular formula is C24H28N4O2. The van der Waals surface area contributed by atoms with Gasteiger partial charge >= 0.3 is 6.01 Å². The molecule has 0 unspecified atom stereocenters. The number of rotatable bonds is 8. The van der Waals surface area contributed by atoms with E-state index in [1.165, 1.54) is 24.0 Å². The summed E-state index contributed by atoms with van der Waals surface area (Å²) in [5, 5.41) is 3.71. The number of ether oxygens (including phenoxy) is 2. The highest BCUT2D eigenvalue weighted by Crippen LogP contribution is 2.19. The Morgan fingerprint density at radius 1 is 1.00 bits per heavy atom. The molecule has 0 amide bonds. The number of benzene rings is 2. The van der Waals surface area contributed by atoms with Crippen LogP contribution in [0.1, 0.15) is 24.0 Å². The fraction of sp³-hybridized carbons (Fsp3) is 0.333. The largest absolute Gasteiger partial charge is 0.497 e. The van der Waals surface area contributed by atoms with E-state index in [1.54, 1.807) is 25.6 Å². The summed E-state index contributed by atoms with van der Waals surface area (Å²) in [4.78, 5) is 10.7. The van der Waals surface area contributed by atoms with Crippen molar-refractivity contribution in [2.75, 3.05) is 20.2 Å². The van der Waals surface area contributed by atoms with Crippen LogP contribution in [0, 0.1) is 0 Å². The van der Waals surface area contributed by atoms with Crippen LogP contribution in [-0.4, -0.2) is 41.1 Å². The van der Waals surface area contributed by atoms with Crippen molar-refractivity contribution in [3.05, 3.63) is 78.1 Å². The number of aromatic nitrogens is 2. The molecule has 30 heavy (non-hydrogen) atoms. The molecule has 6 nitrogen and oxygen atoms in total. The second kappa shape index (κ2) is 10.2. The summed E-state index contributed by atoms with van der Waals surface area (Å²) in [5.41, 5.74) is 2.54. The molecule has 1 fully saturated rings. The second-order valence-electron chi connectivity index (χ2n) is 7.58. The maximum Gasteiger partial charge on any atom is 0.321 e. The summed E-state index contributed by atoms with van der Waals surface area (Å²) in [7, 11) is 1.72.